The first-order valence-corrected chi connectivity index (χ1v) is 8.36. The Bertz CT molecular complexity index is 783. The van der Waals surface area contributed by atoms with Crippen LogP contribution in [0, 0.1) is 5.82 Å². The van der Waals surface area contributed by atoms with Crippen molar-refractivity contribution < 1.29 is 37.3 Å². The van der Waals surface area contributed by atoms with Crippen LogP contribution < -0.4 is 5.32 Å². The summed E-state index contributed by atoms with van der Waals surface area (Å²) in [6.07, 6.45) is -9.39. The standard InChI is InChI=1S/C19H19F4NO4/c20-16-13(7-4-8-14(16)19(21,22)23)17(26)15(25)9-10-24-18(27)28-11-12-5-2-1-3-6-12/h1-8,15,17,25-26H,9-11H2,(H,24,27). The van der Waals surface area contributed by atoms with E-state index in [1.807, 2.05) is 6.07 Å². The van der Waals surface area contributed by atoms with Gasteiger partial charge in [-0.1, -0.05) is 42.5 Å². The van der Waals surface area contributed by atoms with Crippen molar-refractivity contribution in [2.24, 2.45) is 0 Å². The summed E-state index contributed by atoms with van der Waals surface area (Å²) in [6, 6.07) is 11.3. The Morgan fingerprint density at radius 3 is 2.39 bits per heavy atom. The molecule has 0 aliphatic rings. The predicted octanol–water partition coefficient (Wildman–Crippen LogP) is 3.56. The van der Waals surface area contributed by atoms with E-state index in [-0.39, 0.29) is 19.6 Å². The molecule has 5 nitrogen and oxygen atoms in total. The Labute approximate surface area is 158 Å². The number of rotatable bonds is 7. The van der Waals surface area contributed by atoms with Crippen molar-refractivity contribution in [3.63, 3.8) is 0 Å². The molecule has 2 aromatic carbocycles. The number of carbonyl (C=O) groups is 1. The van der Waals surface area contributed by atoms with E-state index < -0.39 is 41.4 Å². The van der Waals surface area contributed by atoms with Gasteiger partial charge in [0.25, 0.3) is 0 Å². The van der Waals surface area contributed by atoms with Gasteiger partial charge in [-0.25, -0.2) is 9.18 Å². The average molecular weight is 401 g/mol. The van der Waals surface area contributed by atoms with E-state index in [9.17, 15) is 32.6 Å². The molecule has 9 heteroatoms. The molecule has 28 heavy (non-hydrogen) atoms. The first kappa shape index (κ1) is 21.6. The van der Waals surface area contributed by atoms with Gasteiger partial charge in [-0.15, -0.1) is 0 Å². The van der Waals surface area contributed by atoms with Gasteiger partial charge in [0, 0.05) is 12.1 Å². The number of hydrogen-bond acceptors (Lipinski definition) is 4. The summed E-state index contributed by atoms with van der Waals surface area (Å²) in [5.74, 6) is -1.64. The smallest absolute Gasteiger partial charge is 0.419 e. The van der Waals surface area contributed by atoms with Gasteiger partial charge in [-0.05, 0) is 18.1 Å². The zero-order chi connectivity index (χ0) is 20.7. The van der Waals surface area contributed by atoms with Crippen molar-refractivity contribution in [1.29, 1.82) is 0 Å². The number of carbonyl (C=O) groups excluding carboxylic acids is 1. The minimum Gasteiger partial charge on any atom is -0.445 e. The van der Waals surface area contributed by atoms with E-state index in [4.69, 9.17) is 4.74 Å². The molecule has 0 aromatic heterocycles. The molecule has 2 atom stereocenters. The Hall–Kier alpha value is -2.65. The van der Waals surface area contributed by atoms with Gasteiger partial charge in [0.2, 0.25) is 0 Å². The topological polar surface area (TPSA) is 78.8 Å². The lowest BCUT2D eigenvalue weighted by molar-refractivity contribution is -0.140. The lowest BCUT2D eigenvalue weighted by atomic mass is 9.99. The number of amides is 1. The number of nitrogens with one attached hydrogen (secondary N) is 1. The van der Waals surface area contributed by atoms with Crippen molar-refractivity contribution in [3.05, 3.63) is 71.0 Å². The van der Waals surface area contributed by atoms with Crippen molar-refractivity contribution in [2.45, 2.75) is 31.4 Å². The third-order valence-electron chi connectivity index (χ3n) is 3.94. The molecule has 0 aliphatic heterocycles. The molecule has 0 saturated carbocycles. The van der Waals surface area contributed by atoms with Crippen molar-refractivity contribution >= 4 is 6.09 Å². The maximum atomic E-state index is 14.0. The second-order valence-electron chi connectivity index (χ2n) is 6.00. The lowest BCUT2D eigenvalue weighted by Crippen LogP contribution is -2.30. The second-order valence-corrected chi connectivity index (χ2v) is 6.00. The molecule has 152 valence electrons. The fourth-order valence-corrected chi connectivity index (χ4v) is 2.46. The Morgan fingerprint density at radius 2 is 1.75 bits per heavy atom. The number of benzene rings is 2. The molecule has 2 unspecified atom stereocenters. The number of ether oxygens (including phenoxy) is 1. The summed E-state index contributed by atoms with van der Waals surface area (Å²) in [5.41, 5.74) is -1.43. The predicted molar refractivity (Wildman–Crippen MR) is 91.6 cm³/mol. The molecule has 0 aliphatic carbocycles. The highest BCUT2D eigenvalue weighted by Gasteiger charge is 2.36. The Balaban J connectivity index is 1.84. The minimum absolute atomic E-state index is 0.0350. The molecular formula is C19H19F4NO4. The van der Waals surface area contributed by atoms with Crippen LogP contribution in [0.1, 0.15) is 29.2 Å². The van der Waals surface area contributed by atoms with Crippen LogP contribution in [-0.2, 0) is 17.5 Å². The van der Waals surface area contributed by atoms with E-state index >= 15 is 0 Å². The maximum Gasteiger partial charge on any atom is 0.419 e. The molecule has 2 aromatic rings. The molecule has 0 heterocycles. The normalized spacial score (nSPS) is 13.6. The van der Waals surface area contributed by atoms with Crippen molar-refractivity contribution in [2.75, 3.05) is 6.54 Å². The zero-order valence-corrected chi connectivity index (χ0v) is 14.6. The second kappa shape index (κ2) is 9.52. The molecular weight excluding hydrogens is 382 g/mol. The Morgan fingerprint density at radius 1 is 1.07 bits per heavy atom. The maximum absolute atomic E-state index is 14.0. The van der Waals surface area contributed by atoms with Crippen LogP contribution in [-0.4, -0.2) is 29.0 Å². The van der Waals surface area contributed by atoms with Crippen LogP contribution >= 0.6 is 0 Å². The summed E-state index contributed by atoms with van der Waals surface area (Å²) in [6.45, 7) is -0.0975. The summed E-state index contributed by atoms with van der Waals surface area (Å²) >= 11 is 0. The van der Waals surface area contributed by atoms with E-state index in [0.29, 0.717) is 6.07 Å². The van der Waals surface area contributed by atoms with Gasteiger partial charge >= 0.3 is 12.3 Å². The number of hydrogen-bond donors (Lipinski definition) is 3. The van der Waals surface area contributed by atoms with Gasteiger partial charge in [0.1, 0.15) is 18.5 Å². The molecule has 3 N–H and O–H groups in total. The van der Waals surface area contributed by atoms with E-state index in [1.165, 1.54) is 0 Å². The average Bonchev–Trinajstić information content (AvgIpc) is 2.66. The van der Waals surface area contributed by atoms with E-state index in [1.54, 1.807) is 24.3 Å². The third kappa shape index (κ3) is 5.93. The van der Waals surface area contributed by atoms with Gasteiger partial charge < -0.3 is 20.3 Å². The number of alkyl halides is 3. The molecule has 0 fully saturated rings. The molecule has 0 spiro atoms. The monoisotopic (exact) mass is 401 g/mol. The highest BCUT2D eigenvalue weighted by Crippen LogP contribution is 2.34. The molecule has 0 bridgehead atoms. The molecule has 1 amide bonds. The quantitative estimate of drug-likeness (QED) is 0.620. The summed E-state index contributed by atoms with van der Waals surface area (Å²) in [5, 5.41) is 22.2. The van der Waals surface area contributed by atoms with Crippen LogP contribution in [0.15, 0.2) is 48.5 Å². The first-order chi connectivity index (χ1) is 13.2. The fourth-order valence-electron chi connectivity index (χ4n) is 2.46. The first-order valence-electron chi connectivity index (χ1n) is 8.36. The highest BCUT2D eigenvalue weighted by molar-refractivity contribution is 5.67. The summed E-state index contributed by atoms with van der Waals surface area (Å²) < 4.78 is 57.2. The van der Waals surface area contributed by atoms with E-state index in [2.05, 4.69) is 5.32 Å². The fraction of sp³-hybridized carbons (Fsp3) is 0.316. The third-order valence-corrected chi connectivity index (χ3v) is 3.94. The highest BCUT2D eigenvalue weighted by atomic mass is 19.4. The van der Waals surface area contributed by atoms with Crippen LogP contribution in [0.2, 0.25) is 0 Å². The van der Waals surface area contributed by atoms with Crippen molar-refractivity contribution in [3.8, 4) is 0 Å². The zero-order valence-electron chi connectivity index (χ0n) is 14.6. The molecule has 0 radical (unpaired) electrons. The lowest BCUT2D eigenvalue weighted by Gasteiger charge is -2.20. The minimum atomic E-state index is -4.92. The summed E-state index contributed by atoms with van der Waals surface area (Å²) in [7, 11) is 0. The SMILES string of the molecule is O=C(NCCC(O)C(O)c1cccc(C(F)(F)F)c1F)OCc1ccccc1. The van der Waals surface area contributed by atoms with Crippen molar-refractivity contribution in [1.82, 2.24) is 5.32 Å². The summed E-state index contributed by atoms with van der Waals surface area (Å²) in [4.78, 5) is 11.6. The van der Waals surface area contributed by atoms with Crippen LogP contribution in [0.25, 0.3) is 0 Å². The largest absolute Gasteiger partial charge is 0.445 e. The van der Waals surface area contributed by atoms with Gasteiger partial charge in [0.05, 0.1) is 11.7 Å². The number of alkyl carbamates (subject to hydrolysis) is 1. The van der Waals surface area contributed by atoms with Gasteiger partial charge in [-0.2, -0.15) is 13.2 Å². The van der Waals surface area contributed by atoms with Crippen LogP contribution in [0.5, 0.6) is 0 Å². The van der Waals surface area contributed by atoms with Crippen LogP contribution in [0.4, 0.5) is 22.4 Å². The molecule has 0 saturated heterocycles. The number of aliphatic hydroxyl groups excluding tert-OH is 2. The number of halogens is 4. The molecule has 2 rings (SSSR count). The van der Waals surface area contributed by atoms with Crippen LogP contribution in [0.3, 0.4) is 0 Å². The van der Waals surface area contributed by atoms with Gasteiger partial charge in [0.15, 0.2) is 0 Å². The Kier molecular flexibility index (Phi) is 7.36. The van der Waals surface area contributed by atoms with Gasteiger partial charge in [-0.3, -0.25) is 0 Å². The number of aliphatic hydroxyl groups is 2. The van der Waals surface area contributed by atoms with E-state index in [0.717, 1.165) is 17.7 Å².